The van der Waals surface area contributed by atoms with E-state index < -0.39 is 11.9 Å². The van der Waals surface area contributed by atoms with Crippen molar-refractivity contribution < 1.29 is 22.7 Å². The van der Waals surface area contributed by atoms with Crippen LogP contribution in [0.15, 0.2) is 24.5 Å². The summed E-state index contributed by atoms with van der Waals surface area (Å²) in [7, 11) is 1.47. The number of hydrogen-bond acceptors (Lipinski definition) is 8. The van der Waals surface area contributed by atoms with Crippen LogP contribution in [0, 0.1) is 0 Å². The van der Waals surface area contributed by atoms with Gasteiger partial charge in [0.05, 0.1) is 19.5 Å². The zero-order chi connectivity index (χ0) is 22.7. The Hall–Kier alpha value is -3.06. The Morgan fingerprint density at radius 1 is 1.25 bits per heavy atom. The molecule has 0 bridgehead atoms. The third kappa shape index (κ3) is 5.05. The maximum Gasteiger partial charge on any atom is 0.433 e. The number of methoxy groups -OCH3 is 1. The molecule has 9 nitrogen and oxygen atoms in total. The molecule has 32 heavy (non-hydrogen) atoms. The number of thiazole rings is 1. The first-order valence-electron chi connectivity index (χ1n) is 9.84. The number of nitrogens with zero attached hydrogens (tertiary/aromatic N) is 5. The predicted octanol–water partition coefficient (Wildman–Crippen LogP) is 3.64. The third-order valence-electron chi connectivity index (χ3n) is 4.95. The third-order valence-corrected chi connectivity index (χ3v) is 5.83. The van der Waals surface area contributed by atoms with Crippen LogP contribution >= 0.6 is 11.3 Å². The molecule has 0 spiro atoms. The summed E-state index contributed by atoms with van der Waals surface area (Å²) in [5.41, 5.74) is 0.218. The van der Waals surface area contributed by atoms with Gasteiger partial charge in [0.1, 0.15) is 11.2 Å². The molecule has 1 fully saturated rings. The van der Waals surface area contributed by atoms with Crippen molar-refractivity contribution in [2.75, 3.05) is 19.0 Å². The quantitative estimate of drug-likeness (QED) is 0.590. The number of rotatable bonds is 5. The minimum Gasteiger partial charge on any atom is -0.467 e. The molecular formula is C19H20F3N7O2S. The SMILES string of the molecule is COc1ncc2nc(NC(=O)N3CCCCC3NCc3ccc(C(F)(F)F)nc3)sc2n1. The standard InChI is InChI=1S/C19H20F3N7O2S/c1-31-16-25-10-12-15(27-16)32-17(26-12)28-18(30)29-7-3-2-4-14(29)24-9-11-5-6-13(23-8-11)19(20,21)22/h5-6,8,10,14,24H,2-4,7,9H2,1H3,(H,26,28,30). The summed E-state index contributed by atoms with van der Waals surface area (Å²) in [6, 6.07) is 2.24. The average Bonchev–Trinajstić information content (AvgIpc) is 3.18. The minimum atomic E-state index is -4.47. The lowest BCUT2D eigenvalue weighted by Gasteiger charge is -2.36. The van der Waals surface area contributed by atoms with Crippen molar-refractivity contribution in [1.82, 2.24) is 30.2 Å². The number of alkyl halides is 3. The molecule has 0 aromatic carbocycles. The first-order chi connectivity index (χ1) is 15.3. The second kappa shape index (κ2) is 9.20. The molecule has 3 aromatic heterocycles. The van der Waals surface area contributed by atoms with Crippen LogP contribution in [0.1, 0.15) is 30.5 Å². The van der Waals surface area contributed by atoms with Gasteiger partial charge in [0.25, 0.3) is 0 Å². The number of amides is 2. The fourth-order valence-electron chi connectivity index (χ4n) is 3.35. The van der Waals surface area contributed by atoms with Crippen molar-refractivity contribution in [2.24, 2.45) is 0 Å². The monoisotopic (exact) mass is 467 g/mol. The minimum absolute atomic E-state index is 0.220. The van der Waals surface area contributed by atoms with E-state index in [0.717, 1.165) is 25.3 Å². The van der Waals surface area contributed by atoms with E-state index >= 15 is 0 Å². The number of pyridine rings is 1. The van der Waals surface area contributed by atoms with E-state index in [4.69, 9.17) is 4.74 Å². The molecule has 1 saturated heterocycles. The van der Waals surface area contributed by atoms with Crippen LogP contribution in [-0.2, 0) is 12.7 Å². The molecule has 1 aliphatic rings. The van der Waals surface area contributed by atoms with Gasteiger partial charge in [0, 0.05) is 19.3 Å². The fraction of sp³-hybridized carbons (Fsp3) is 0.421. The van der Waals surface area contributed by atoms with E-state index in [9.17, 15) is 18.0 Å². The summed E-state index contributed by atoms with van der Waals surface area (Å²) in [6.45, 7) is 0.837. The molecule has 0 radical (unpaired) electrons. The lowest BCUT2D eigenvalue weighted by Crippen LogP contribution is -2.52. The van der Waals surface area contributed by atoms with E-state index in [1.807, 2.05) is 0 Å². The lowest BCUT2D eigenvalue weighted by atomic mass is 10.1. The van der Waals surface area contributed by atoms with E-state index in [1.54, 1.807) is 4.90 Å². The molecule has 2 N–H and O–H groups in total. The van der Waals surface area contributed by atoms with E-state index in [1.165, 1.54) is 36.9 Å². The number of anilines is 1. The summed E-state index contributed by atoms with van der Waals surface area (Å²) >= 11 is 1.21. The van der Waals surface area contributed by atoms with Gasteiger partial charge >= 0.3 is 18.2 Å². The highest BCUT2D eigenvalue weighted by molar-refractivity contribution is 7.21. The van der Waals surface area contributed by atoms with Gasteiger partial charge in [-0.2, -0.15) is 18.2 Å². The molecule has 13 heteroatoms. The zero-order valence-electron chi connectivity index (χ0n) is 17.0. The number of ether oxygens (including phenoxy) is 1. The molecule has 4 heterocycles. The van der Waals surface area contributed by atoms with Crippen LogP contribution in [0.2, 0.25) is 0 Å². The highest BCUT2D eigenvalue weighted by atomic mass is 32.1. The summed E-state index contributed by atoms with van der Waals surface area (Å²) in [5.74, 6) is 0. The molecule has 0 aliphatic carbocycles. The van der Waals surface area contributed by atoms with Crippen LogP contribution in [0.3, 0.4) is 0 Å². The molecule has 0 saturated carbocycles. The molecule has 3 aromatic rings. The van der Waals surface area contributed by atoms with E-state index in [0.29, 0.717) is 27.6 Å². The summed E-state index contributed by atoms with van der Waals surface area (Å²) in [5, 5.41) is 6.43. The number of carbonyl (C=O) groups is 1. The van der Waals surface area contributed by atoms with Crippen molar-refractivity contribution in [1.29, 1.82) is 0 Å². The Morgan fingerprint density at radius 2 is 2.09 bits per heavy atom. The normalized spacial score (nSPS) is 16.9. The maximum absolute atomic E-state index is 12.9. The number of fused-ring (bicyclic) bond motifs is 1. The van der Waals surface area contributed by atoms with Gasteiger partial charge in [-0.15, -0.1) is 0 Å². The summed E-state index contributed by atoms with van der Waals surface area (Å²) in [4.78, 5) is 31.2. The van der Waals surface area contributed by atoms with Crippen molar-refractivity contribution in [2.45, 2.75) is 38.1 Å². The Balaban J connectivity index is 1.39. The second-order valence-electron chi connectivity index (χ2n) is 7.13. The molecule has 1 aliphatic heterocycles. The fourth-order valence-corrected chi connectivity index (χ4v) is 4.15. The number of aromatic nitrogens is 4. The van der Waals surface area contributed by atoms with Crippen LogP contribution in [0.4, 0.5) is 23.1 Å². The number of hydrogen-bond donors (Lipinski definition) is 2. The van der Waals surface area contributed by atoms with Gasteiger partial charge in [0.15, 0.2) is 9.96 Å². The highest BCUT2D eigenvalue weighted by Crippen LogP contribution is 2.28. The predicted molar refractivity (Wildman–Crippen MR) is 111 cm³/mol. The Morgan fingerprint density at radius 3 is 2.81 bits per heavy atom. The van der Waals surface area contributed by atoms with Gasteiger partial charge < -0.3 is 9.64 Å². The second-order valence-corrected chi connectivity index (χ2v) is 8.11. The highest BCUT2D eigenvalue weighted by Gasteiger charge is 2.32. The van der Waals surface area contributed by atoms with Crippen LogP contribution in [0.5, 0.6) is 6.01 Å². The van der Waals surface area contributed by atoms with Crippen LogP contribution in [-0.4, -0.2) is 50.7 Å². The number of carbonyl (C=O) groups excluding carboxylic acids is 1. The van der Waals surface area contributed by atoms with Crippen molar-refractivity contribution >= 4 is 32.8 Å². The lowest BCUT2D eigenvalue weighted by molar-refractivity contribution is -0.141. The number of urea groups is 1. The smallest absolute Gasteiger partial charge is 0.433 e. The summed E-state index contributed by atoms with van der Waals surface area (Å²) < 4.78 is 43.0. The Kier molecular flexibility index (Phi) is 6.37. The molecule has 4 rings (SSSR count). The maximum atomic E-state index is 12.9. The average molecular weight is 467 g/mol. The molecular weight excluding hydrogens is 447 g/mol. The molecule has 2 amide bonds. The Labute approximate surface area is 185 Å². The van der Waals surface area contributed by atoms with Gasteiger partial charge in [-0.25, -0.2) is 14.8 Å². The largest absolute Gasteiger partial charge is 0.467 e. The first kappa shape index (κ1) is 22.1. The zero-order valence-corrected chi connectivity index (χ0v) is 17.8. The van der Waals surface area contributed by atoms with Gasteiger partial charge in [-0.1, -0.05) is 17.4 Å². The van der Waals surface area contributed by atoms with Crippen LogP contribution in [0.25, 0.3) is 10.3 Å². The number of piperidine rings is 1. The number of likely N-dealkylation sites (tertiary alicyclic amines) is 1. The Bertz CT molecular complexity index is 1090. The van der Waals surface area contributed by atoms with Crippen molar-refractivity contribution in [3.05, 3.63) is 35.8 Å². The van der Waals surface area contributed by atoms with E-state index in [2.05, 4.69) is 30.6 Å². The number of halogens is 3. The van der Waals surface area contributed by atoms with Crippen molar-refractivity contribution in [3.8, 4) is 6.01 Å². The summed E-state index contributed by atoms with van der Waals surface area (Å²) in [6.07, 6.45) is 0.501. The van der Waals surface area contributed by atoms with Crippen LogP contribution < -0.4 is 15.4 Å². The molecule has 1 unspecified atom stereocenters. The van der Waals surface area contributed by atoms with Crippen molar-refractivity contribution in [3.63, 3.8) is 0 Å². The first-order valence-corrected chi connectivity index (χ1v) is 10.7. The van der Waals surface area contributed by atoms with Gasteiger partial charge in [-0.3, -0.25) is 15.6 Å². The molecule has 170 valence electrons. The number of nitrogens with one attached hydrogen (secondary N) is 2. The van der Waals surface area contributed by atoms with E-state index in [-0.39, 0.29) is 24.8 Å². The van der Waals surface area contributed by atoms with Gasteiger partial charge in [0.2, 0.25) is 0 Å². The molecule has 1 atom stereocenters. The van der Waals surface area contributed by atoms with Gasteiger partial charge in [-0.05, 0) is 30.9 Å². The topological polar surface area (TPSA) is 105 Å².